The molecule has 0 aliphatic rings. The van der Waals surface area contributed by atoms with Crippen LogP contribution >= 0.6 is 0 Å². The van der Waals surface area contributed by atoms with E-state index in [4.69, 9.17) is 0 Å². The van der Waals surface area contributed by atoms with E-state index < -0.39 is 0 Å². The Bertz CT molecular complexity index is 811. The Morgan fingerprint density at radius 3 is 1.86 bits per heavy atom. The number of pyridine rings is 1. The normalized spacial score (nSPS) is 10.5. The number of hydrogen-bond acceptors (Lipinski definition) is 2. The summed E-state index contributed by atoms with van der Waals surface area (Å²) in [5.41, 5.74) is 3.12. The van der Waals surface area contributed by atoms with Crippen molar-refractivity contribution in [2.75, 3.05) is 0 Å². The van der Waals surface area contributed by atoms with E-state index in [1.807, 2.05) is 0 Å². The summed E-state index contributed by atoms with van der Waals surface area (Å²) in [6, 6.07) is 13.6. The van der Waals surface area contributed by atoms with Gasteiger partial charge in [-0.3, -0.25) is 9.78 Å². The highest BCUT2D eigenvalue weighted by molar-refractivity contribution is 5.87. The first-order valence-corrected chi connectivity index (χ1v) is 6.64. The Morgan fingerprint density at radius 2 is 1.32 bits per heavy atom. The molecule has 108 valence electrons. The van der Waals surface area contributed by atoms with Crippen molar-refractivity contribution in [3.63, 3.8) is 0 Å². The monoisotopic (exact) mass is 295 g/mol. The largest absolute Gasteiger partial charge is 0.296 e. The highest BCUT2D eigenvalue weighted by atomic mass is 19.1. The van der Waals surface area contributed by atoms with Crippen LogP contribution in [0.4, 0.5) is 8.78 Å². The Balaban J connectivity index is 2.12. The summed E-state index contributed by atoms with van der Waals surface area (Å²) >= 11 is 0. The van der Waals surface area contributed by atoms with Crippen LogP contribution in [0.3, 0.4) is 0 Å². The van der Waals surface area contributed by atoms with Crippen molar-refractivity contribution in [2.24, 2.45) is 0 Å². The van der Waals surface area contributed by atoms with Crippen molar-refractivity contribution in [3.8, 4) is 22.3 Å². The van der Waals surface area contributed by atoms with Crippen LogP contribution in [-0.2, 0) is 0 Å². The van der Waals surface area contributed by atoms with Crippen LogP contribution in [-0.4, -0.2) is 11.3 Å². The van der Waals surface area contributed by atoms with Gasteiger partial charge in [0.25, 0.3) is 0 Å². The number of hydrogen-bond donors (Lipinski definition) is 0. The molecule has 0 bridgehead atoms. The van der Waals surface area contributed by atoms with Crippen molar-refractivity contribution < 1.29 is 13.6 Å². The summed E-state index contributed by atoms with van der Waals surface area (Å²) < 4.78 is 26.1. The number of aromatic nitrogens is 1. The van der Waals surface area contributed by atoms with Gasteiger partial charge in [-0.25, -0.2) is 8.78 Å². The molecule has 3 rings (SSSR count). The average molecular weight is 295 g/mol. The molecule has 1 aromatic heterocycles. The summed E-state index contributed by atoms with van der Waals surface area (Å²) in [7, 11) is 0. The number of carbonyl (C=O) groups excluding carboxylic acids is 1. The van der Waals surface area contributed by atoms with Crippen molar-refractivity contribution >= 4 is 6.29 Å². The van der Waals surface area contributed by atoms with Crippen molar-refractivity contribution in [3.05, 3.63) is 78.1 Å². The maximum atomic E-state index is 13.0. The molecule has 3 aromatic rings. The summed E-state index contributed by atoms with van der Waals surface area (Å²) in [6.07, 6.45) is 2.22. The molecule has 0 saturated carbocycles. The zero-order valence-corrected chi connectivity index (χ0v) is 11.5. The molecule has 0 spiro atoms. The number of nitrogens with zero attached hydrogens (tertiary/aromatic N) is 1. The minimum Gasteiger partial charge on any atom is -0.296 e. The lowest BCUT2D eigenvalue weighted by molar-refractivity contribution is 0.111. The molecule has 1 heterocycles. The van der Waals surface area contributed by atoms with E-state index in [9.17, 15) is 13.6 Å². The lowest BCUT2D eigenvalue weighted by Gasteiger charge is -2.08. The Labute approximate surface area is 126 Å². The molecule has 2 nitrogen and oxygen atoms in total. The van der Waals surface area contributed by atoms with E-state index in [0.717, 1.165) is 11.1 Å². The Morgan fingerprint density at radius 1 is 0.773 bits per heavy atom. The first kappa shape index (κ1) is 14.1. The van der Waals surface area contributed by atoms with Gasteiger partial charge in [0.05, 0.1) is 0 Å². The van der Waals surface area contributed by atoms with Crippen LogP contribution in [0.2, 0.25) is 0 Å². The summed E-state index contributed by atoms with van der Waals surface area (Å²) in [5.74, 6) is -0.668. The minimum atomic E-state index is -0.348. The molecule has 0 N–H and O–H groups in total. The number of halogens is 2. The van der Waals surface area contributed by atoms with Crippen LogP contribution in [0.5, 0.6) is 0 Å². The fraction of sp³-hybridized carbons (Fsp3) is 0. The van der Waals surface area contributed by atoms with E-state index in [-0.39, 0.29) is 17.3 Å². The number of aldehydes is 1. The molecule has 0 fully saturated rings. The van der Waals surface area contributed by atoms with Gasteiger partial charge in [0.1, 0.15) is 17.3 Å². The van der Waals surface area contributed by atoms with Gasteiger partial charge >= 0.3 is 0 Å². The van der Waals surface area contributed by atoms with Gasteiger partial charge in [0, 0.05) is 17.3 Å². The van der Waals surface area contributed by atoms with Gasteiger partial charge < -0.3 is 0 Å². The SMILES string of the molecule is O=Cc1ncc(-c2ccc(F)cc2)cc1-c1ccc(F)cc1. The smallest absolute Gasteiger partial charge is 0.169 e. The maximum absolute atomic E-state index is 13.0. The molecule has 0 unspecified atom stereocenters. The standard InChI is InChI=1S/C18H11F2NO/c19-15-5-1-12(2-6-15)14-9-17(18(11-22)21-10-14)13-3-7-16(20)8-4-13/h1-11H. The van der Waals surface area contributed by atoms with Crippen LogP contribution in [0.1, 0.15) is 10.5 Å². The zero-order chi connectivity index (χ0) is 15.5. The molecule has 0 amide bonds. The third-order valence-corrected chi connectivity index (χ3v) is 3.36. The number of rotatable bonds is 3. The highest BCUT2D eigenvalue weighted by Crippen LogP contribution is 2.27. The van der Waals surface area contributed by atoms with Gasteiger partial charge in [0.2, 0.25) is 0 Å². The van der Waals surface area contributed by atoms with Crippen LogP contribution in [0.15, 0.2) is 60.8 Å². The molecule has 4 heteroatoms. The third-order valence-electron chi connectivity index (χ3n) is 3.36. The summed E-state index contributed by atoms with van der Waals surface area (Å²) in [6.45, 7) is 0. The highest BCUT2D eigenvalue weighted by Gasteiger charge is 2.09. The van der Waals surface area contributed by atoms with Gasteiger partial charge in [-0.1, -0.05) is 24.3 Å². The Kier molecular flexibility index (Phi) is 3.74. The van der Waals surface area contributed by atoms with Crippen molar-refractivity contribution in [1.82, 2.24) is 4.98 Å². The van der Waals surface area contributed by atoms with Crippen molar-refractivity contribution in [1.29, 1.82) is 0 Å². The molecule has 0 radical (unpaired) electrons. The molecule has 0 aliphatic carbocycles. The second-order valence-electron chi connectivity index (χ2n) is 4.79. The maximum Gasteiger partial charge on any atom is 0.169 e. The van der Waals surface area contributed by atoms with Gasteiger partial charge in [-0.2, -0.15) is 0 Å². The third kappa shape index (κ3) is 2.76. The average Bonchev–Trinajstić information content (AvgIpc) is 2.56. The lowest BCUT2D eigenvalue weighted by Crippen LogP contribution is -1.94. The first-order valence-electron chi connectivity index (χ1n) is 6.64. The zero-order valence-electron chi connectivity index (χ0n) is 11.5. The fourth-order valence-electron chi connectivity index (χ4n) is 2.23. The van der Waals surface area contributed by atoms with E-state index in [2.05, 4.69) is 4.98 Å². The number of carbonyl (C=O) groups is 1. The predicted octanol–water partition coefficient (Wildman–Crippen LogP) is 4.51. The first-order chi connectivity index (χ1) is 10.7. The van der Waals surface area contributed by atoms with Crippen molar-refractivity contribution in [2.45, 2.75) is 0 Å². The Hall–Kier alpha value is -2.88. The summed E-state index contributed by atoms with van der Waals surface area (Å²) in [4.78, 5) is 15.3. The second-order valence-corrected chi connectivity index (χ2v) is 4.79. The molecular formula is C18H11F2NO. The quantitative estimate of drug-likeness (QED) is 0.666. The molecule has 0 atom stereocenters. The van der Waals surface area contributed by atoms with E-state index in [1.54, 1.807) is 36.5 Å². The van der Waals surface area contributed by atoms with E-state index in [1.165, 1.54) is 24.3 Å². The van der Waals surface area contributed by atoms with Gasteiger partial charge in [-0.15, -0.1) is 0 Å². The lowest BCUT2D eigenvalue weighted by atomic mass is 9.99. The van der Waals surface area contributed by atoms with E-state index >= 15 is 0 Å². The second kappa shape index (κ2) is 5.85. The summed E-state index contributed by atoms with van der Waals surface area (Å²) in [5, 5.41) is 0. The number of benzene rings is 2. The van der Waals surface area contributed by atoms with Crippen LogP contribution in [0.25, 0.3) is 22.3 Å². The molecule has 22 heavy (non-hydrogen) atoms. The minimum absolute atomic E-state index is 0.275. The fourth-order valence-corrected chi connectivity index (χ4v) is 2.23. The van der Waals surface area contributed by atoms with Crippen LogP contribution < -0.4 is 0 Å². The topological polar surface area (TPSA) is 30.0 Å². The molecule has 0 aliphatic heterocycles. The molecule has 2 aromatic carbocycles. The van der Waals surface area contributed by atoms with Gasteiger partial charge in [-0.05, 0) is 41.5 Å². The predicted molar refractivity (Wildman–Crippen MR) is 80.4 cm³/mol. The molecular weight excluding hydrogens is 284 g/mol. The van der Waals surface area contributed by atoms with Gasteiger partial charge in [0.15, 0.2) is 6.29 Å². The van der Waals surface area contributed by atoms with Crippen LogP contribution in [0, 0.1) is 11.6 Å². The van der Waals surface area contributed by atoms with E-state index in [0.29, 0.717) is 17.4 Å². The molecule has 0 saturated heterocycles.